The standard InChI is InChI=1S/C6H10O4/c7-4-2-1-3-6-8-5-9-10-6/h4,6H,1-3,5H2. The van der Waals surface area contributed by atoms with Crippen molar-refractivity contribution in [3.8, 4) is 0 Å². The zero-order valence-corrected chi connectivity index (χ0v) is 5.62. The van der Waals surface area contributed by atoms with Crippen LogP contribution in [0, 0.1) is 0 Å². The number of unbranched alkanes of at least 4 members (excludes halogenated alkanes) is 1. The van der Waals surface area contributed by atoms with Gasteiger partial charge >= 0.3 is 0 Å². The summed E-state index contributed by atoms with van der Waals surface area (Å²) in [4.78, 5) is 19.0. The van der Waals surface area contributed by atoms with Gasteiger partial charge in [-0.3, -0.25) is 0 Å². The molecule has 1 fully saturated rings. The highest BCUT2D eigenvalue weighted by Crippen LogP contribution is 2.11. The maximum atomic E-state index is 9.87. The fraction of sp³-hybridized carbons (Fsp3) is 0.833. The summed E-state index contributed by atoms with van der Waals surface area (Å²) in [7, 11) is 0. The number of carbonyl (C=O) groups is 1. The van der Waals surface area contributed by atoms with Crippen molar-refractivity contribution in [1.82, 2.24) is 0 Å². The van der Waals surface area contributed by atoms with Gasteiger partial charge in [-0.1, -0.05) is 0 Å². The van der Waals surface area contributed by atoms with E-state index in [0.29, 0.717) is 6.42 Å². The van der Waals surface area contributed by atoms with Gasteiger partial charge < -0.3 is 9.53 Å². The molecule has 1 unspecified atom stereocenters. The predicted octanol–water partition coefficient (Wildman–Crippen LogP) is 0.618. The molecule has 0 spiro atoms. The molecule has 0 bridgehead atoms. The number of ether oxygens (including phenoxy) is 1. The highest BCUT2D eigenvalue weighted by molar-refractivity contribution is 5.48. The topological polar surface area (TPSA) is 44.8 Å². The number of hydrogen-bond acceptors (Lipinski definition) is 4. The van der Waals surface area contributed by atoms with E-state index in [2.05, 4.69) is 9.78 Å². The molecule has 1 atom stereocenters. The molecule has 10 heavy (non-hydrogen) atoms. The normalized spacial score (nSPS) is 25.0. The summed E-state index contributed by atoms with van der Waals surface area (Å²) in [5.74, 6) is 0. The van der Waals surface area contributed by atoms with Crippen LogP contribution < -0.4 is 0 Å². The molecule has 0 amide bonds. The summed E-state index contributed by atoms with van der Waals surface area (Å²) in [6.07, 6.45) is 2.69. The number of aldehydes is 1. The average molecular weight is 146 g/mol. The molecule has 0 N–H and O–H groups in total. The van der Waals surface area contributed by atoms with Gasteiger partial charge in [-0.05, 0) is 6.42 Å². The van der Waals surface area contributed by atoms with E-state index >= 15 is 0 Å². The van der Waals surface area contributed by atoms with E-state index in [9.17, 15) is 4.79 Å². The average Bonchev–Trinajstić information content (AvgIpc) is 2.41. The molecule has 0 aromatic heterocycles. The van der Waals surface area contributed by atoms with E-state index in [4.69, 9.17) is 4.74 Å². The molecular formula is C6H10O4. The second kappa shape index (κ2) is 4.38. The Bertz CT molecular complexity index is 97.9. The van der Waals surface area contributed by atoms with Crippen molar-refractivity contribution in [2.75, 3.05) is 6.79 Å². The Labute approximate surface area is 59.0 Å². The smallest absolute Gasteiger partial charge is 0.194 e. The quantitative estimate of drug-likeness (QED) is 0.331. The lowest BCUT2D eigenvalue weighted by Crippen LogP contribution is -2.06. The maximum Gasteiger partial charge on any atom is 0.194 e. The van der Waals surface area contributed by atoms with Gasteiger partial charge in [0.25, 0.3) is 0 Å². The first-order valence-electron chi connectivity index (χ1n) is 3.27. The lowest BCUT2D eigenvalue weighted by atomic mass is 10.2. The largest absolute Gasteiger partial charge is 0.320 e. The van der Waals surface area contributed by atoms with Crippen LogP contribution in [-0.2, 0) is 19.3 Å². The van der Waals surface area contributed by atoms with Crippen molar-refractivity contribution in [2.24, 2.45) is 0 Å². The Morgan fingerprint density at radius 1 is 1.60 bits per heavy atom. The van der Waals surface area contributed by atoms with Gasteiger partial charge in [0.15, 0.2) is 13.1 Å². The van der Waals surface area contributed by atoms with E-state index in [0.717, 1.165) is 19.1 Å². The maximum absolute atomic E-state index is 9.87. The van der Waals surface area contributed by atoms with Crippen LogP contribution in [-0.4, -0.2) is 19.4 Å². The second-order valence-electron chi connectivity index (χ2n) is 2.03. The Hall–Kier alpha value is -0.450. The molecule has 1 rings (SSSR count). The Morgan fingerprint density at radius 3 is 3.10 bits per heavy atom. The van der Waals surface area contributed by atoms with Crippen molar-refractivity contribution in [1.29, 1.82) is 0 Å². The molecule has 4 nitrogen and oxygen atoms in total. The van der Waals surface area contributed by atoms with Gasteiger partial charge in [-0.15, -0.1) is 0 Å². The summed E-state index contributed by atoms with van der Waals surface area (Å²) < 4.78 is 4.94. The minimum atomic E-state index is -0.264. The van der Waals surface area contributed by atoms with Gasteiger partial charge in [0.2, 0.25) is 0 Å². The lowest BCUT2D eigenvalue weighted by Gasteiger charge is -2.02. The molecule has 1 heterocycles. The highest BCUT2D eigenvalue weighted by atomic mass is 17.3. The fourth-order valence-corrected chi connectivity index (χ4v) is 0.734. The third-order valence-electron chi connectivity index (χ3n) is 1.24. The molecule has 4 heteroatoms. The van der Waals surface area contributed by atoms with E-state index in [-0.39, 0.29) is 13.1 Å². The summed E-state index contributed by atoms with van der Waals surface area (Å²) in [5.41, 5.74) is 0. The first-order chi connectivity index (χ1) is 4.93. The van der Waals surface area contributed by atoms with E-state index < -0.39 is 0 Å². The summed E-state index contributed by atoms with van der Waals surface area (Å²) in [6.45, 7) is 0.200. The minimum Gasteiger partial charge on any atom is -0.320 e. The van der Waals surface area contributed by atoms with E-state index in [1.54, 1.807) is 0 Å². The summed E-state index contributed by atoms with van der Waals surface area (Å²) in [5, 5.41) is 0. The van der Waals surface area contributed by atoms with Crippen LogP contribution >= 0.6 is 0 Å². The van der Waals surface area contributed by atoms with Gasteiger partial charge in [0.1, 0.15) is 6.29 Å². The van der Waals surface area contributed by atoms with Crippen molar-refractivity contribution < 1.29 is 19.3 Å². The molecule has 1 aliphatic rings. The van der Waals surface area contributed by atoms with Crippen LogP contribution in [0.3, 0.4) is 0 Å². The second-order valence-corrected chi connectivity index (χ2v) is 2.03. The van der Waals surface area contributed by atoms with Crippen LogP contribution in [0.5, 0.6) is 0 Å². The van der Waals surface area contributed by atoms with Gasteiger partial charge in [0.05, 0.1) is 0 Å². The van der Waals surface area contributed by atoms with E-state index in [1.165, 1.54) is 0 Å². The molecule has 0 aliphatic carbocycles. The SMILES string of the molecule is O=CCCCC1OCOO1. The molecule has 0 aromatic carbocycles. The molecule has 0 aromatic rings. The Balaban J connectivity index is 1.96. The van der Waals surface area contributed by atoms with Crippen LogP contribution in [0.2, 0.25) is 0 Å². The van der Waals surface area contributed by atoms with E-state index in [1.807, 2.05) is 0 Å². The molecular weight excluding hydrogens is 136 g/mol. The highest BCUT2D eigenvalue weighted by Gasteiger charge is 2.16. The third-order valence-corrected chi connectivity index (χ3v) is 1.24. The van der Waals surface area contributed by atoms with Crippen molar-refractivity contribution in [2.45, 2.75) is 25.6 Å². The van der Waals surface area contributed by atoms with Crippen LogP contribution in [0.25, 0.3) is 0 Å². The van der Waals surface area contributed by atoms with Crippen molar-refractivity contribution in [3.05, 3.63) is 0 Å². The lowest BCUT2D eigenvalue weighted by molar-refractivity contribution is -0.277. The fourth-order valence-electron chi connectivity index (χ4n) is 0.734. The first kappa shape index (κ1) is 7.65. The first-order valence-corrected chi connectivity index (χ1v) is 3.27. The number of rotatable bonds is 4. The van der Waals surface area contributed by atoms with Gasteiger partial charge in [0, 0.05) is 12.8 Å². The third kappa shape index (κ3) is 2.43. The van der Waals surface area contributed by atoms with Crippen molar-refractivity contribution >= 4 is 6.29 Å². The zero-order chi connectivity index (χ0) is 7.23. The van der Waals surface area contributed by atoms with Crippen LogP contribution in [0.1, 0.15) is 19.3 Å². The Morgan fingerprint density at radius 2 is 2.50 bits per heavy atom. The Kier molecular flexibility index (Phi) is 3.35. The molecule has 1 saturated heterocycles. The molecule has 58 valence electrons. The summed E-state index contributed by atoms with van der Waals surface area (Å²) >= 11 is 0. The van der Waals surface area contributed by atoms with Crippen molar-refractivity contribution in [3.63, 3.8) is 0 Å². The molecule has 1 aliphatic heterocycles. The minimum absolute atomic E-state index is 0.200. The number of hydrogen-bond donors (Lipinski definition) is 0. The van der Waals surface area contributed by atoms with Crippen LogP contribution in [0.15, 0.2) is 0 Å². The number of carbonyl (C=O) groups excluding carboxylic acids is 1. The van der Waals surface area contributed by atoms with Gasteiger partial charge in [-0.2, -0.15) is 0 Å². The summed E-state index contributed by atoms with van der Waals surface area (Å²) in [6, 6.07) is 0. The molecule has 0 radical (unpaired) electrons. The van der Waals surface area contributed by atoms with Crippen LogP contribution in [0.4, 0.5) is 0 Å². The zero-order valence-electron chi connectivity index (χ0n) is 5.62. The molecule has 0 saturated carbocycles. The predicted molar refractivity (Wildman–Crippen MR) is 31.8 cm³/mol. The monoisotopic (exact) mass is 146 g/mol. The van der Waals surface area contributed by atoms with Gasteiger partial charge in [-0.25, -0.2) is 9.78 Å².